The summed E-state index contributed by atoms with van der Waals surface area (Å²) in [5.74, 6) is 1.52. The molecule has 0 saturated carbocycles. The third kappa shape index (κ3) is 6.04. The standard InChI is InChI=1S/C61H37N5S/c1-3-13-38(14-4-1)53-36-60(64-61(63-53)39-15-5-2-6-16-39)66-55-22-12-10-20-47(55)49-32-40(23-26-57(49)66)43-31-41-17-7-8-18-45(41)48(34-43)42-24-27-56-50(33-42)46-19-9-11-21-54(46)65(56)44-25-28-58-51(35-44)52-37-62-30-29-59(52)67-58/h1-37H. The molecular weight excluding hydrogens is 835 g/mol. The third-order valence-electron chi connectivity index (χ3n) is 13.4. The minimum atomic E-state index is 0.692. The van der Waals surface area contributed by atoms with E-state index in [1.165, 1.54) is 80.2 Å². The molecule has 67 heavy (non-hydrogen) atoms. The molecular formula is C61H37N5S. The van der Waals surface area contributed by atoms with Gasteiger partial charge >= 0.3 is 0 Å². The lowest BCUT2D eigenvalue weighted by Crippen LogP contribution is -2.02. The lowest BCUT2D eigenvalue weighted by atomic mass is 9.92. The summed E-state index contributed by atoms with van der Waals surface area (Å²) in [5.41, 5.74) is 13.3. The molecule has 6 heteroatoms. The number of fused-ring (bicyclic) bond motifs is 10. The number of para-hydroxylation sites is 2. The van der Waals surface area contributed by atoms with Crippen LogP contribution in [0.25, 0.3) is 131 Å². The van der Waals surface area contributed by atoms with Gasteiger partial charge in [0.05, 0.1) is 27.8 Å². The summed E-state index contributed by atoms with van der Waals surface area (Å²) in [4.78, 5) is 14.8. The van der Waals surface area contributed by atoms with Gasteiger partial charge in [-0.3, -0.25) is 9.55 Å². The Morgan fingerprint density at radius 3 is 1.78 bits per heavy atom. The van der Waals surface area contributed by atoms with Crippen LogP contribution in [0.2, 0.25) is 0 Å². The quantitative estimate of drug-likeness (QED) is 0.167. The van der Waals surface area contributed by atoms with Gasteiger partial charge < -0.3 is 4.57 Å². The summed E-state index contributed by atoms with van der Waals surface area (Å²) in [7, 11) is 0. The maximum absolute atomic E-state index is 5.26. The molecule has 5 heterocycles. The van der Waals surface area contributed by atoms with E-state index >= 15 is 0 Å². The van der Waals surface area contributed by atoms with Gasteiger partial charge in [-0.05, 0) is 106 Å². The van der Waals surface area contributed by atoms with Gasteiger partial charge in [-0.1, -0.05) is 133 Å². The SMILES string of the molecule is c1ccc(-c2cc(-n3c4ccccc4c4cc(-c5cc(-c6ccc7c(c6)c6ccccc6n7-c6ccc7sc8ccncc8c7c6)c6ccccc6c5)ccc43)nc(-c3ccccc3)n2)cc1. The Morgan fingerprint density at radius 2 is 0.985 bits per heavy atom. The smallest absolute Gasteiger partial charge is 0.162 e. The van der Waals surface area contributed by atoms with E-state index in [-0.39, 0.29) is 0 Å². The Hall–Kier alpha value is -8.71. The number of pyridine rings is 1. The number of thiophene rings is 1. The second kappa shape index (κ2) is 14.9. The monoisotopic (exact) mass is 871 g/mol. The zero-order valence-electron chi connectivity index (χ0n) is 36.0. The van der Waals surface area contributed by atoms with Crippen LogP contribution in [0, 0.1) is 0 Å². The van der Waals surface area contributed by atoms with Crippen LogP contribution in [0.15, 0.2) is 225 Å². The highest BCUT2D eigenvalue weighted by Crippen LogP contribution is 2.42. The summed E-state index contributed by atoms with van der Waals surface area (Å²) in [5, 5.41) is 9.66. The number of hydrogen-bond acceptors (Lipinski definition) is 4. The number of hydrogen-bond donors (Lipinski definition) is 0. The third-order valence-corrected chi connectivity index (χ3v) is 14.6. The van der Waals surface area contributed by atoms with E-state index in [1.807, 2.05) is 48.0 Å². The summed E-state index contributed by atoms with van der Waals surface area (Å²) in [6.45, 7) is 0. The molecule has 0 amide bonds. The van der Waals surface area contributed by atoms with E-state index < -0.39 is 0 Å². The summed E-state index contributed by atoms with van der Waals surface area (Å²) < 4.78 is 7.24. The minimum absolute atomic E-state index is 0.692. The lowest BCUT2D eigenvalue weighted by Gasteiger charge is -2.13. The molecule has 0 radical (unpaired) electrons. The summed E-state index contributed by atoms with van der Waals surface area (Å²) in [6.07, 6.45) is 3.87. The topological polar surface area (TPSA) is 48.5 Å². The second-order valence-electron chi connectivity index (χ2n) is 17.2. The maximum Gasteiger partial charge on any atom is 0.162 e. The van der Waals surface area contributed by atoms with Gasteiger partial charge in [-0.25, -0.2) is 9.97 Å². The van der Waals surface area contributed by atoms with Crippen molar-refractivity contribution in [1.29, 1.82) is 0 Å². The predicted molar refractivity (Wildman–Crippen MR) is 281 cm³/mol. The Kier molecular flexibility index (Phi) is 8.38. The van der Waals surface area contributed by atoms with Crippen molar-refractivity contribution in [3.63, 3.8) is 0 Å². The largest absolute Gasteiger partial charge is 0.309 e. The first-order chi connectivity index (χ1) is 33.2. The van der Waals surface area contributed by atoms with Crippen LogP contribution >= 0.6 is 11.3 Å². The van der Waals surface area contributed by atoms with Gasteiger partial charge in [0.2, 0.25) is 0 Å². The molecule has 0 aliphatic heterocycles. The molecule has 0 atom stereocenters. The van der Waals surface area contributed by atoms with Gasteiger partial charge in [-0.15, -0.1) is 11.3 Å². The number of nitrogens with zero attached hydrogens (tertiary/aromatic N) is 5. The molecule has 0 aliphatic carbocycles. The fourth-order valence-corrected chi connectivity index (χ4v) is 11.4. The first kappa shape index (κ1) is 37.6. The number of rotatable bonds is 6. The molecule has 0 aliphatic rings. The maximum atomic E-state index is 5.26. The van der Waals surface area contributed by atoms with Crippen LogP contribution in [0.1, 0.15) is 0 Å². The fraction of sp³-hybridized carbons (Fsp3) is 0. The normalized spacial score (nSPS) is 11.9. The van der Waals surface area contributed by atoms with Crippen LogP contribution in [0.5, 0.6) is 0 Å². The van der Waals surface area contributed by atoms with Gasteiger partial charge in [0.25, 0.3) is 0 Å². The van der Waals surface area contributed by atoms with Crippen LogP contribution < -0.4 is 0 Å². The average molecular weight is 872 g/mol. The highest BCUT2D eigenvalue weighted by Gasteiger charge is 2.20. The minimum Gasteiger partial charge on any atom is -0.309 e. The first-order valence-electron chi connectivity index (χ1n) is 22.6. The second-order valence-corrected chi connectivity index (χ2v) is 18.3. The van der Waals surface area contributed by atoms with E-state index in [4.69, 9.17) is 9.97 Å². The van der Waals surface area contributed by atoms with Gasteiger partial charge in [0.1, 0.15) is 5.82 Å². The van der Waals surface area contributed by atoms with Crippen molar-refractivity contribution >= 4 is 85.9 Å². The van der Waals surface area contributed by atoms with Gasteiger partial charge in [0.15, 0.2) is 5.82 Å². The summed E-state index contributed by atoms with van der Waals surface area (Å²) >= 11 is 1.82. The van der Waals surface area contributed by atoms with Crippen LogP contribution in [-0.2, 0) is 0 Å². The zero-order chi connectivity index (χ0) is 44.0. The first-order valence-corrected chi connectivity index (χ1v) is 23.4. The molecule has 0 bridgehead atoms. The van der Waals surface area contributed by atoms with E-state index in [0.29, 0.717) is 5.82 Å². The van der Waals surface area contributed by atoms with Gasteiger partial charge in [-0.2, -0.15) is 0 Å². The highest BCUT2D eigenvalue weighted by atomic mass is 32.1. The van der Waals surface area contributed by atoms with Crippen molar-refractivity contribution in [2.45, 2.75) is 0 Å². The summed E-state index contributed by atoms with van der Waals surface area (Å²) in [6, 6.07) is 76.6. The Bertz CT molecular complexity index is 4220. The molecule has 9 aromatic carbocycles. The van der Waals surface area contributed by atoms with Crippen molar-refractivity contribution in [1.82, 2.24) is 24.1 Å². The van der Waals surface area contributed by atoms with Crippen molar-refractivity contribution in [3.8, 4) is 56.4 Å². The van der Waals surface area contributed by atoms with Crippen LogP contribution in [0.3, 0.4) is 0 Å². The predicted octanol–water partition coefficient (Wildman–Crippen LogP) is 16.3. The van der Waals surface area contributed by atoms with Crippen molar-refractivity contribution in [3.05, 3.63) is 225 Å². The molecule has 0 saturated heterocycles. The Morgan fingerprint density at radius 1 is 0.358 bits per heavy atom. The Balaban J connectivity index is 0.928. The van der Waals surface area contributed by atoms with E-state index in [9.17, 15) is 0 Å². The molecule has 5 nitrogen and oxygen atoms in total. The molecule has 0 unspecified atom stereocenters. The highest BCUT2D eigenvalue weighted by molar-refractivity contribution is 7.25. The number of benzene rings is 9. The molecule has 14 aromatic rings. The molecule has 0 spiro atoms. The van der Waals surface area contributed by atoms with Gasteiger partial charge in [0, 0.05) is 77.0 Å². The van der Waals surface area contributed by atoms with Crippen LogP contribution in [-0.4, -0.2) is 24.1 Å². The molecule has 5 aromatic heterocycles. The molecule has 14 rings (SSSR count). The Labute approximate surface area is 389 Å². The van der Waals surface area contributed by atoms with E-state index in [1.54, 1.807) is 0 Å². The van der Waals surface area contributed by atoms with Crippen LogP contribution in [0.4, 0.5) is 0 Å². The van der Waals surface area contributed by atoms with Crippen molar-refractivity contribution in [2.24, 2.45) is 0 Å². The molecule has 0 fully saturated rings. The van der Waals surface area contributed by atoms with E-state index in [0.717, 1.165) is 44.9 Å². The van der Waals surface area contributed by atoms with Crippen molar-refractivity contribution in [2.75, 3.05) is 0 Å². The molecule has 0 N–H and O–H groups in total. The lowest BCUT2D eigenvalue weighted by molar-refractivity contribution is 1.05. The zero-order valence-corrected chi connectivity index (χ0v) is 36.8. The fourth-order valence-electron chi connectivity index (χ4n) is 10.3. The molecule has 312 valence electrons. The van der Waals surface area contributed by atoms with Crippen molar-refractivity contribution < 1.29 is 0 Å². The van der Waals surface area contributed by atoms with E-state index in [2.05, 4.69) is 202 Å². The number of aromatic nitrogens is 5. The average Bonchev–Trinajstić information content (AvgIpc) is 4.05.